The third kappa shape index (κ3) is 13.4. The van der Waals surface area contributed by atoms with Gasteiger partial charge in [0, 0.05) is 71.7 Å². The number of rotatable bonds is 24. The Morgan fingerprint density at radius 3 is 2.22 bits per heavy atom. The zero-order chi connectivity index (χ0) is 34.2. The highest BCUT2D eigenvalue weighted by atomic mass is 32.1. The highest BCUT2D eigenvalue weighted by Gasteiger charge is 2.26. The minimum absolute atomic E-state index is 0.0277. The monoisotopic (exact) mass is 647 g/mol. The lowest BCUT2D eigenvalue weighted by Gasteiger charge is -2.32. The van der Waals surface area contributed by atoms with E-state index in [2.05, 4.69) is 128 Å². The summed E-state index contributed by atoms with van der Waals surface area (Å²) < 4.78 is 0. The lowest BCUT2D eigenvalue weighted by Crippen LogP contribution is -2.44. The summed E-state index contributed by atoms with van der Waals surface area (Å²) >= 11 is 4.60. The quantitative estimate of drug-likeness (QED) is 0.0469. The summed E-state index contributed by atoms with van der Waals surface area (Å²) in [6, 6.07) is 8.50. The maximum absolute atomic E-state index is 5.72. The number of benzene rings is 1. The van der Waals surface area contributed by atoms with Crippen LogP contribution >= 0.6 is 12.6 Å². The maximum atomic E-state index is 5.72. The van der Waals surface area contributed by atoms with Crippen LogP contribution in [0.2, 0.25) is 0 Å². The van der Waals surface area contributed by atoms with Crippen LogP contribution in [-0.2, 0) is 6.42 Å². The fourth-order valence-corrected chi connectivity index (χ4v) is 5.87. The van der Waals surface area contributed by atoms with E-state index in [-0.39, 0.29) is 17.3 Å². The molecular weight excluding hydrogens is 587 g/mol. The van der Waals surface area contributed by atoms with Crippen LogP contribution in [-0.4, -0.2) is 42.4 Å². The van der Waals surface area contributed by atoms with Crippen molar-refractivity contribution in [2.75, 3.05) is 25.5 Å². The third-order valence-corrected chi connectivity index (χ3v) is 8.91. The Hall–Kier alpha value is -3.65. The van der Waals surface area contributed by atoms with Gasteiger partial charge in [-0.3, -0.25) is 0 Å². The lowest BCUT2D eigenvalue weighted by atomic mass is 9.98. The van der Waals surface area contributed by atoms with Crippen molar-refractivity contribution < 1.29 is 0 Å². The van der Waals surface area contributed by atoms with Crippen molar-refractivity contribution in [2.45, 2.75) is 89.0 Å². The highest BCUT2D eigenvalue weighted by molar-refractivity contribution is 7.81. The third-order valence-electron chi connectivity index (χ3n) is 8.43. The molecule has 0 aromatic heterocycles. The van der Waals surface area contributed by atoms with Gasteiger partial charge in [0.1, 0.15) is 0 Å². The summed E-state index contributed by atoms with van der Waals surface area (Å²) in [5.74, 6) is 0.791. The number of nitrogens with two attached hydrogens (primary N) is 1. The summed E-state index contributed by atoms with van der Waals surface area (Å²) in [7, 11) is 1.91. The van der Waals surface area contributed by atoms with E-state index in [0.29, 0.717) is 11.7 Å². The molecule has 1 saturated heterocycles. The summed E-state index contributed by atoms with van der Waals surface area (Å²) in [4.78, 5) is 2.23. The van der Waals surface area contributed by atoms with Gasteiger partial charge in [-0.25, -0.2) is 0 Å². The molecule has 7 nitrogen and oxygen atoms in total. The van der Waals surface area contributed by atoms with E-state index in [0.717, 1.165) is 111 Å². The molecular formula is C38H61N7S. The van der Waals surface area contributed by atoms with Crippen LogP contribution in [0.1, 0.15) is 70.8 Å². The zero-order valence-corrected chi connectivity index (χ0v) is 29.7. The molecule has 0 saturated carbocycles. The van der Waals surface area contributed by atoms with E-state index in [1.165, 1.54) is 5.56 Å². The molecule has 1 aliphatic rings. The first kappa shape index (κ1) is 38.5. The van der Waals surface area contributed by atoms with Gasteiger partial charge in [-0.15, -0.1) is 0 Å². The van der Waals surface area contributed by atoms with Crippen molar-refractivity contribution >= 4 is 18.3 Å². The number of likely N-dealkylation sites (tertiary alicyclic amines) is 1. The second kappa shape index (κ2) is 19.8. The summed E-state index contributed by atoms with van der Waals surface area (Å²) in [6.45, 7) is 35.5. The first-order valence-corrected chi connectivity index (χ1v) is 17.1. The average Bonchev–Trinajstić information content (AvgIpc) is 3.25. The second-order valence-corrected chi connectivity index (χ2v) is 13.3. The summed E-state index contributed by atoms with van der Waals surface area (Å²) in [5, 5.41) is 17.3. The SMILES string of the molecule is C=C(N)NCCC[C@H](NC(=C)C(NC(=C)CCCCCN1C(=C)CC(S)C1=C)C(C)C)C(=C)Nc1ccc(CCC(=C)NC)cc1. The Morgan fingerprint density at radius 1 is 0.935 bits per heavy atom. The predicted octanol–water partition coefficient (Wildman–Crippen LogP) is 7.27. The molecule has 3 atom stereocenters. The second-order valence-electron chi connectivity index (χ2n) is 12.7. The van der Waals surface area contributed by atoms with Crippen molar-refractivity contribution in [1.82, 2.24) is 26.2 Å². The van der Waals surface area contributed by atoms with Gasteiger partial charge in [0.05, 0.1) is 17.9 Å². The number of nitrogens with zero attached hydrogens (tertiary/aromatic N) is 1. The molecule has 0 aliphatic carbocycles. The van der Waals surface area contributed by atoms with Crippen LogP contribution in [0.3, 0.4) is 0 Å². The van der Waals surface area contributed by atoms with Crippen molar-refractivity contribution in [3.63, 3.8) is 0 Å². The van der Waals surface area contributed by atoms with Crippen LogP contribution in [0.4, 0.5) is 5.69 Å². The van der Waals surface area contributed by atoms with Gasteiger partial charge < -0.3 is 37.2 Å². The molecule has 1 heterocycles. The molecule has 1 aliphatic heterocycles. The Bertz CT molecular complexity index is 1220. The molecule has 1 aromatic carbocycles. The van der Waals surface area contributed by atoms with Crippen LogP contribution < -0.4 is 32.3 Å². The molecule has 2 unspecified atom stereocenters. The lowest BCUT2D eigenvalue weighted by molar-refractivity contribution is 0.423. The number of hydrogen-bond donors (Lipinski definition) is 7. The fourth-order valence-electron chi connectivity index (χ4n) is 5.52. The topological polar surface area (TPSA) is 89.4 Å². The van der Waals surface area contributed by atoms with Crippen molar-refractivity contribution in [1.29, 1.82) is 0 Å². The molecule has 254 valence electrons. The van der Waals surface area contributed by atoms with E-state index in [4.69, 9.17) is 5.73 Å². The minimum Gasteiger partial charge on any atom is -0.392 e. The van der Waals surface area contributed by atoms with Gasteiger partial charge in [0.15, 0.2) is 0 Å². The van der Waals surface area contributed by atoms with Crippen LogP contribution in [0, 0.1) is 5.92 Å². The van der Waals surface area contributed by atoms with Crippen molar-refractivity contribution in [3.8, 4) is 0 Å². The van der Waals surface area contributed by atoms with Gasteiger partial charge in [-0.1, -0.05) is 78.5 Å². The smallest absolute Gasteiger partial charge is 0.0885 e. The molecule has 8 heteroatoms. The molecule has 1 aromatic rings. The van der Waals surface area contributed by atoms with E-state index in [1.807, 2.05) is 7.05 Å². The number of allylic oxidation sites excluding steroid dienone is 3. The Morgan fingerprint density at radius 2 is 1.63 bits per heavy atom. The van der Waals surface area contributed by atoms with E-state index >= 15 is 0 Å². The molecule has 0 amide bonds. The van der Waals surface area contributed by atoms with Gasteiger partial charge in [-0.2, -0.15) is 12.6 Å². The van der Waals surface area contributed by atoms with Gasteiger partial charge >= 0.3 is 0 Å². The number of thiol groups is 1. The average molecular weight is 648 g/mol. The van der Waals surface area contributed by atoms with Crippen LogP contribution in [0.15, 0.2) is 110 Å². The van der Waals surface area contributed by atoms with E-state index in [9.17, 15) is 0 Å². The molecule has 0 spiro atoms. The number of anilines is 1. The zero-order valence-electron chi connectivity index (χ0n) is 28.8. The highest BCUT2D eigenvalue weighted by Crippen LogP contribution is 2.32. The molecule has 0 bridgehead atoms. The maximum Gasteiger partial charge on any atom is 0.0885 e. The standard InChI is InChI=1S/C38H61N7S/c1-26(2)38(42-28(4)15-12-11-13-24-45-29(5)25-37(46)32(45)8)31(7)44-36(16-14-23-41-33(9)39)30(6)43-35-21-19-34(20-22-35)18-17-27(3)40-10/h19-22,26,36-38,40-44,46H,3-9,11-18,23-25,39H2,1-2,10H3/t36-,37?,38?/m0/s1. The first-order valence-electron chi connectivity index (χ1n) is 16.6. The van der Waals surface area contributed by atoms with Gasteiger partial charge in [-0.05, 0) is 68.6 Å². The van der Waals surface area contributed by atoms with Crippen molar-refractivity contribution in [2.24, 2.45) is 11.7 Å². The molecule has 1 fully saturated rings. The predicted molar refractivity (Wildman–Crippen MR) is 204 cm³/mol. The van der Waals surface area contributed by atoms with Crippen LogP contribution in [0.5, 0.6) is 0 Å². The fraction of sp³-hybridized carbons (Fsp3) is 0.474. The van der Waals surface area contributed by atoms with Crippen molar-refractivity contribution in [3.05, 3.63) is 116 Å². The molecule has 46 heavy (non-hydrogen) atoms. The molecule has 7 N–H and O–H groups in total. The number of hydrogen-bond acceptors (Lipinski definition) is 8. The van der Waals surface area contributed by atoms with Gasteiger partial charge in [0.25, 0.3) is 0 Å². The molecule has 2 rings (SSSR count). The number of aryl methyl sites for hydroxylation is 1. The van der Waals surface area contributed by atoms with Crippen LogP contribution in [0.25, 0.3) is 0 Å². The summed E-state index contributed by atoms with van der Waals surface area (Å²) in [5.41, 5.74) is 14.1. The summed E-state index contributed by atoms with van der Waals surface area (Å²) in [6.07, 6.45) is 8.66. The van der Waals surface area contributed by atoms with Gasteiger partial charge in [0.2, 0.25) is 0 Å². The Kier molecular flexibility index (Phi) is 16.6. The largest absolute Gasteiger partial charge is 0.392 e. The van der Waals surface area contributed by atoms with E-state index in [1.54, 1.807) is 0 Å². The minimum atomic E-state index is -0.0396. The normalized spacial score (nSPS) is 15.7. The van der Waals surface area contributed by atoms with E-state index < -0.39 is 0 Å². The molecule has 0 radical (unpaired) electrons. The first-order chi connectivity index (χ1) is 21.8. The Balaban J connectivity index is 1.94. The Labute approximate surface area is 285 Å². The number of nitrogens with one attached hydrogen (secondary N) is 5. The number of unbranched alkanes of at least 4 members (excludes halogenated alkanes) is 2.